The summed E-state index contributed by atoms with van der Waals surface area (Å²) in [6.45, 7) is 0.388. The van der Waals surface area contributed by atoms with Gasteiger partial charge in [0.05, 0.1) is 14.2 Å². The van der Waals surface area contributed by atoms with E-state index < -0.39 is 9.84 Å². The number of ether oxygens (including phenoxy) is 2. The molecule has 0 unspecified atom stereocenters. The van der Waals surface area contributed by atoms with Gasteiger partial charge in [-0.1, -0.05) is 12.2 Å². The fraction of sp³-hybridized carbons (Fsp3) is 0.333. The van der Waals surface area contributed by atoms with Crippen LogP contribution in [0.5, 0.6) is 11.5 Å². The second-order valence-corrected chi connectivity index (χ2v) is 5.64. The first-order valence-corrected chi connectivity index (χ1v) is 7.16. The maximum Gasteiger partial charge on any atom is 0.179 e. The first kappa shape index (κ1) is 14.5. The third-order valence-electron chi connectivity index (χ3n) is 2.35. The Balaban J connectivity index is 3.47. The summed E-state index contributed by atoms with van der Waals surface area (Å²) in [5, 5.41) is 0. The van der Waals surface area contributed by atoms with Crippen LogP contribution in [0.3, 0.4) is 0 Å². The van der Waals surface area contributed by atoms with Crippen molar-refractivity contribution in [1.29, 1.82) is 0 Å². The average molecular weight is 271 g/mol. The topological polar surface area (TPSA) is 78.6 Å². The molecule has 100 valence electrons. The minimum absolute atomic E-state index is 0.103. The summed E-state index contributed by atoms with van der Waals surface area (Å²) in [7, 11) is -0.466. The summed E-state index contributed by atoms with van der Waals surface area (Å²) in [6.07, 6.45) is 4.63. The summed E-state index contributed by atoms with van der Waals surface area (Å²) in [6, 6.07) is 3.06. The van der Waals surface area contributed by atoms with Crippen molar-refractivity contribution >= 4 is 15.9 Å². The zero-order valence-corrected chi connectivity index (χ0v) is 11.5. The van der Waals surface area contributed by atoms with Crippen molar-refractivity contribution in [3.05, 3.63) is 23.8 Å². The summed E-state index contributed by atoms with van der Waals surface area (Å²) in [5.41, 5.74) is 6.10. The van der Waals surface area contributed by atoms with Gasteiger partial charge in [0.2, 0.25) is 0 Å². The molecule has 0 aliphatic carbocycles. The smallest absolute Gasteiger partial charge is 0.179 e. The van der Waals surface area contributed by atoms with E-state index in [0.717, 1.165) is 6.26 Å². The highest BCUT2D eigenvalue weighted by Gasteiger charge is 2.17. The predicted octanol–water partition coefficient (Wildman–Crippen LogP) is 1.08. The fourth-order valence-corrected chi connectivity index (χ4v) is 2.34. The highest BCUT2D eigenvalue weighted by Crippen LogP contribution is 2.32. The Morgan fingerprint density at radius 3 is 2.28 bits per heavy atom. The van der Waals surface area contributed by atoms with Crippen molar-refractivity contribution in [2.45, 2.75) is 4.90 Å². The molecule has 0 aliphatic heterocycles. The lowest BCUT2D eigenvalue weighted by Gasteiger charge is -2.12. The van der Waals surface area contributed by atoms with Gasteiger partial charge in [-0.15, -0.1) is 0 Å². The van der Waals surface area contributed by atoms with Gasteiger partial charge in [-0.2, -0.15) is 0 Å². The maximum absolute atomic E-state index is 11.6. The van der Waals surface area contributed by atoms with E-state index in [1.165, 1.54) is 20.3 Å². The van der Waals surface area contributed by atoms with E-state index >= 15 is 0 Å². The number of nitrogens with two attached hydrogens (primary N) is 1. The monoisotopic (exact) mass is 271 g/mol. The van der Waals surface area contributed by atoms with Crippen LogP contribution in [0.15, 0.2) is 23.1 Å². The van der Waals surface area contributed by atoms with Gasteiger partial charge in [0.1, 0.15) is 16.4 Å². The Bertz CT molecular complexity index is 549. The van der Waals surface area contributed by atoms with E-state index in [9.17, 15) is 8.42 Å². The van der Waals surface area contributed by atoms with Gasteiger partial charge in [-0.25, -0.2) is 8.42 Å². The normalized spacial score (nSPS) is 11.8. The number of benzene rings is 1. The molecule has 0 radical (unpaired) electrons. The number of sulfone groups is 1. The van der Waals surface area contributed by atoms with Gasteiger partial charge in [0.25, 0.3) is 0 Å². The second-order valence-electron chi connectivity index (χ2n) is 3.66. The first-order valence-electron chi connectivity index (χ1n) is 5.26. The molecule has 5 nitrogen and oxygen atoms in total. The van der Waals surface area contributed by atoms with Crippen LogP contribution in [0.25, 0.3) is 6.08 Å². The molecule has 0 bridgehead atoms. The molecule has 1 aromatic rings. The molecular weight excluding hydrogens is 254 g/mol. The van der Waals surface area contributed by atoms with Crippen LogP contribution >= 0.6 is 0 Å². The molecule has 0 saturated carbocycles. The molecule has 0 aliphatic rings. The summed E-state index contributed by atoms with van der Waals surface area (Å²) in [5.74, 6) is 0.746. The van der Waals surface area contributed by atoms with Crippen LogP contribution in [0.4, 0.5) is 0 Å². The van der Waals surface area contributed by atoms with E-state index in [4.69, 9.17) is 15.2 Å². The van der Waals surface area contributed by atoms with Crippen molar-refractivity contribution < 1.29 is 17.9 Å². The van der Waals surface area contributed by atoms with Crippen molar-refractivity contribution in [3.63, 3.8) is 0 Å². The van der Waals surface area contributed by atoms with Crippen molar-refractivity contribution in [3.8, 4) is 11.5 Å². The molecule has 0 heterocycles. The number of methoxy groups -OCH3 is 2. The zero-order valence-electron chi connectivity index (χ0n) is 10.6. The summed E-state index contributed by atoms with van der Waals surface area (Å²) >= 11 is 0. The quantitative estimate of drug-likeness (QED) is 0.867. The molecule has 1 aromatic carbocycles. The average Bonchev–Trinajstić information content (AvgIpc) is 2.33. The Morgan fingerprint density at radius 2 is 1.83 bits per heavy atom. The fourth-order valence-electron chi connectivity index (χ4n) is 1.51. The largest absolute Gasteiger partial charge is 0.496 e. The number of rotatable bonds is 5. The van der Waals surface area contributed by atoms with Crippen molar-refractivity contribution in [2.24, 2.45) is 5.73 Å². The maximum atomic E-state index is 11.6. The van der Waals surface area contributed by atoms with Crippen LogP contribution in [-0.2, 0) is 9.84 Å². The Labute approximate surface area is 107 Å². The highest BCUT2D eigenvalue weighted by molar-refractivity contribution is 7.90. The van der Waals surface area contributed by atoms with Crippen LogP contribution in [0, 0.1) is 0 Å². The Morgan fingerprint density at radius 1 is 1.22 bits per heavy atom. The van der Waals surface area contributed by atoms with Gasteiger partial charge >= 0.3 is 0 Å². The Hall–Kier alpha value is -1.53. The van der Waals surface area contributed by atoms with E-state index in [2.05, 4.69) is 0 Å². The van der Waals surface area contributed by atoms with E-state index in [0.29, 0.717) is 17.9 Å². The molecule has 0 fully saturated rings. The van der Waals surface area contributed by atoms with E-state index in [1.807, 2.05) is 0 Å². The molecule has 0 saturated heterocycles. The van der Waals surface area contributed by atoms with Crippen LogP contribution in [-0.4, -0.2) is 35.4 Å². The molecule has 0 atom stereocenters. The molecule has 6 heteroatoms. The molecular formula is C12H17NO4S. The van der Waals surface area contributed by atoms with Crippen LogP contribution < -0.4 is 15.2 Å². The lowest BCUT2D eigenvalue weighted by Crippen LogP contribution is -2.02. The predicted molar refractivity (Wildman–Crippen MR) is 70.7 cm³/mol. The van der Waals surface area contributed by atoms with Crippen molar-refractivity contribution in [1.82, 2.24) is 0 Å². The minimum Gasteiger partial charge on any atom is -0.496 e. The van der Waals surface area contributed by atoms with Crippen molar-refractivity contribution in [2.75, 3.05) is 27.0 Å². The van der Waals surface area contributed by atoms with Gasteiger partial charge in [-0.05, 0) is 6.07 Å². The molecule has 18 heavy (non-hydrogen) atoms. The highest BCUT2D eigenvalue weighted by atomic mass is 32.2. The van der Waals surface area contributed by atoms with E-state index in [-0.39, 0.29) is 10.6 Å². The lowest BCUT2D eigenvalue weighted by molar-refractivity contribution is 0.392. The summed E-state index contributed by atoms with van der Waals surface area (Å²) in [4.78, 5) is 0.103. The molecule has 2 N–H and O–H groups in total. The van der Waals surface area contributed by atoms with E-state index in [1.54, 1.807) is 18.2 Å². The van der Waals surface area contributed by atoms with Crippen LogP contribution in [0.2, 0.25) is 0 Å². The molecule has 0 spiro atoms. The molecule has 0 aromatic heterocycles. The second kappa shape index (κ2) is 5.88. The number of hydrogen-bond donors (Lipinski definition) is 1. The Kier molecular flexibility index (Phi) is 4.75. The van der Waals surface area contributed by atoms with Gasteiger partial charge in [0, 0.05) is 24.4 Å². The van der Waals surface area contributed by atoms with Gasteiger partial charge < -0.3 is 15.2 Å². The first-order chi connectivity index (χ1) is 8.43. The van der Waals surface area contributed by atoms with Crippen LogP contribution in [0.1, 0.15) is 5.56 Å². The third-order valence-corrected chi connectivity index (χ3v) is 3.47. The number of hydrogen-bond acceptors (Lipinski definition) is 5. The SMILES string of the molecule is COc1cc(S(C)(=O)=O)c(OC)cc1/C=C/CN. The van der Waals surface area contributed by atoms with Gasteiger partial charge in [0.15, 0.2) is 9.84 Å². The summed E-state index contributed by atoms with van der Waals surface area (Å²) < 4.78 is 33.5. The molecule has 0 amide bonds. The standard InChI is InChI=1S/C12H17NO4S/c1-16-10-8-12(18(3,14)15)11(17-2)7-9(10)5-4-6-13/h4-5,7-8H,6,13H2,1-3H3/b5-4+. The lowest BCUT2D eigenvalue weighted by atomic mass is 10.1. The zero-order chi connectivity index (χ0) is 13.8. The molecule has 1 rings (SSSR count). The minimum atomic E-state index is -3.37. The third kappa shape index (κ3) is 3.24. The van der Waals surface area contributed by atoms with Gasteiger partial charge in [-0.3, -0.25) is 0 Å².